The van der Waals surface area contributed by atoms with Crippen LogP contribution in [0.3, 0.4) is 0 Å². The van der Waals surface area contributed by atoms with Crippen LogP contribution in [0, 0.1) is 0 Å². The molecule has 8 nitrogen and oxygen atoms in total. The van der Waals surface area contributed by atoms with Gasteiger partial charge in [-0.2, -0.15) is 5.10 Å². The molecule has 2 aromatic carbocycles. The van der Waals surface area contributed by atoms with Crippen LogP contribution in [0.2, 0.25) is 0 Å². The highest BCUT2D eigenvalue weighted by atomic mass is 16.5. The molecule has 1 fully saturated rings. The Labute approximate surface area is 191 Å². The molecule has 0 radical (unpaired) electrons. The van der Waals surface area contributed by atoms with Gasteiger partial charge in [0, 0.05) is 30.4 Å². The number of carbonyl (C=O) groups is 1. The van der Waals surface area contributed by atoms with Crippen molar-refractivity contribution < 1.29 is 9.53 Å². The molecule has 4 aromatic rings. The first-order chi connectivity index (χ1) is 16.3. The normalized spacial score (nSPS) is 14.5. The number of hydrazine groups is 1. The van der Waals surface area contributed by atoms with Crippen LogP contribution in [-0.2, 0) is 4.74 Å². The molecule has 0 atom stereocenters. The number of hydrogen-bond donors (Lipinski definition) is 3. The summed E-state index contributed by atoms with van der Waals surface area (Å²) in [4.78, 5) is 17.2. The van der Waals surface area contributed by atoms with E-state index in [1.165, 1.54) is 0 Å². The van der Waals surface area contributed by atoms with Crippen molar-refractivity contribution in [3.63, 3.8) is 0 Å². The van der Waals surface area contributed by atoms with Crippen LogP contribution in [0.5, 0.6) is 0 Å². The number of para-hydroxylation sites is 1. The summed E-state index contributed by atoms with van der Waals surface area (Å²) in [6, 6.07) is 19.2. The number of pyridine rings is 1. The summed E-state index contributed by atoms with van der Waals surface area (Å²) < 4.78 is 5.34. The van der Waals surface area contributed by atoms with Gasteiger partial charge in [0.2, 0.25) is 0 Å². The molecule has 1 aliphatic heterocycles. The molecule has 166 valence electrons. The van der Waals surface area contributed by atoms with Crippen molar-refractivity contribution in [2.24, 2.45) is 0 Å². The molecular weight excluding hydrogens is 416 g/mol. The van der Waals surface area contributed by atoms with Gasteiger partial charge in [-0.05, 0) is 54.6 Å². The number of amides is 1. The monoisotopic (exact) mass is 440 g/mol. The van der Waals surface area contributed by atoms with E-state index in [0.717, 1.165) is 33.7 Å². The number of nitrogens with one attached hydrogen (secondary N) is 3. The molecule has 0 spiro atoms. The van der Waals surface area contributed by atoms with Crippen molar-refractivity contribution in [2.45, 2.75) is 0 Å². The van der Waals surface area contributed by atoms with E-state index in [1.54, 1.807) is 6.20 Å². The lowest BCUT2D eigenvalue weighted by Gasteiger charge is -2.27. The van der Waals surface area contributed by atoms with E-state index in [2.05, 4.69) is 25.9 Å². The standard InChI is InChI=1S/C25H24N6O2/c32-25(30-31-13-15-33-16-14-31)21-6-1-2-7-22(21)27-19-8-10-20-23(28-29-24(20)17-19)11-9-18-5-3-4-12-26-18/h1-12,17,27H,13-16H2,(H,28,29)(H,30,32)/b11-9+. The number of morpholine rings is 1. The number of hydrogen-bond acceptors (Lipinski definition) is 6. The van der Waals surface area contributed by atoms with Crippen molar-refractivity contribution in [1.29, 1.82) is 0 Å². The lowest BCUT2D eigenvalue weighted by molar-refractivity contribution is 0.0126. The molecule has 0 saturated carbocycles. The van der Waals surface area contributed by atoms with Gasteiger partial charge in [-0.3, -0.25) is 20.3 Å². The molecule has 5 rings (SSSR count). The van der Waals surface area contributed by atoms with Crippen LogP contribution in [0.1, 0.15) is 21.7 Å². The predicted molar refractivity (Wildman–Crippen MR) is 129 cm³/mol. The van der Waals surface area contributed by atoms with E-state index >= 15 is 0 Å². The van der Waals surface area contributed by atoms with Gasteiger partial charge < -0.3 is 10.1 Å². The maximum atomic E-state index is 12.9. The number of fused-ring (bicyclic) bond motifs is 1. The summed E-state index contributed by atoms with van der Waals surface area (Å²) in [7, 11) is 0. The number of aromatic amines is 1. The highest BCUT2D eigenvalue weighted by molar-refractivity contribution is 6.00. The zero-order valence-electron chi connectivity index (χ0n) is 18.0. The van der Waals surface area contributed by atoms with Crippen molar-refractivity contribution in [3.05, 3.63) is 83.8 Å². The Morgan fingerprint density at radius 1 is 1.03 bits per heavy atom. The quantitative estimate of drug-likeness (QED) is 0.422. The van der Waals surface area contributed by atoms with Gasteiger partial charge in [-0.1, -0.05) is 18.2 Å². The molecule has 0 bridgehead atoms. The lowest BCUT2D eigenvalue weighted by Crippen LogP contribution is -2.48. The molecule has 0 unspecified atom stereocenters. The Hall–Kier alpha value is -4.01. The molecule has 8 heteroatoms. The fraction of sp³-hybridized carbons (Fsp3) is 0.160. The van der Waals surface area contributed by atoms with E-state index in [4.69, 9.17) is 4.74 Å². The number of aromatic nitrogens is 3. The van der Waals surface area contributed by atoms with Gasteiger partial charge >= 0.3 is 0 Å². The number of benzene rings is 2. The second-order valence-corrected chi connectivity index (χ2v) is 7.67. The first kappa shape index (κ1) is 20.9. The predicted octanol–water partition coefficient (Wildman–Crippen LogP) is 3.85. The molecule has 1 saturated heterocycles. The topological polar surface area (TPSA) is 95.2 Å². The van der Waals surface area contributed by atoms with Crippen LogP contribution in [0.15, 0.2) is 66.9 Å². The van der Waals surface area contributed by atoms with E-state index in [0.29, 0.717) is 31.9 Å². The highest BCUT2D eigenvalue weighted by Gasteiger charge is 2.17. The van der Waals surface area contributed by atoms with Crippen molar-refractivity contribution in [3.8, 4) is 0 Å². The molecule has 33 heavy (non-hydrogen) atoms. The molecule has 0 aliphatic carbocycles. The van der Waals surface area contributed by atoms with Gasteiger partial charge in [0.25, 0.3) is 5.91 Å². The summed E-state index contributed by atoms with van der Waals surface area (Å²) in [6.07, 6.45) is 5.64. The molecular formula is C25H24N6O2. The summed E-state index contributed by atoms with van der Waals surface area (Å²) in [5, 5.41) is 13.8. The van der Waals surface area contributed by atoms with E-state index in [1.807, 2.05) is 77.8 Å². The third-order valence-electron chi connectivity index (χ3n) is 5.41. The minimum absolute atomic E-state index is 0.149. The average Bonchev–Trinajstić information content (AvgIpc) is 3.26. The van der Waals surface area contributed by atoms with Crippen molar-refractivity contribution in [1.82, 2.24) is 25.6 Å². The molecule has 1 amide bonds. The maximum absolute atomic E-state index is 12.9. The molecule has 3 N–H and O–H groups in total. The first-order valence-corrected chi connectivity index (χ1v) is 10.8. The largest absolute Gasteiger partial charge is 0.379 e. The Morgan fingerprint density at radius 2 is 1.88 bits per heavy atom. The number of H-pyrrole nitrogens is 1. The van der Waals surface area contributed by atoms with E-state index in [-0.39, 0.29) is 5.91 Å². The van der Waals surface area contributed by atoms with Crippen molar-refractivity contribution >= 4 is 40.3 Å². The summed E-state index contributed by atoms with van der Waals surface area (Å²) in [6.45, 7) is 2.58. The molecule has 1 aliphatic rings. The zero-order chi connectivity index (χ0) is 22.5. The minimum Gasteiger partial charge on any atom is -0.379 e. The zero-order valence-corrected chi connectivity index (χ0v) is 18.0. The molecule has 3 heterocycles. The second kappa shape index (κ2) is 9.64. The Kier molecular flexibility index (Phi) is 6.10. The van der Waals surface area contributed by atoms with Crippen LogP contribution >= 0.6 is 0 Å². The number of nitrogens with zero attached hydrogens (tertiary/aromatic N) is 3. The second-order valence-electron chi connectivity index (χ2n) is 7.67. The Balaban J connectivity index is 1.33. The fourth-order valence-corrected chi connectivity index (χ4v) is 3.71. The van der Waals surface area contributed by atoms with Crippen LogP contribution in [0.4, 0.5) is 11.4 Å². The summed E-state index contributed by atoms with van der Waals surface area (Å²) >= 11 is 0. The van der Waals surface area contributed by atoms with E-state index < -0.39 is 0 Å². The third kappa shape index (κ3) is 4.92. The van der Waals surface area contributed by atoms with Gasteiger partial charge in [-0.25, -0.2) is 5.01 Å². The first-order valence-electron chi connectivity index (χ1n) is 10.8. The van der Waals surface area contributed by atoms with Crippen molar-refractivity contribution in [2.75, 3.05) is 31.6 Å². The third-order valence-corrected chi connectivity index (χ3v) is 5.41. The maximum Gasteiger partial charge on any atom is 0.267 e. The Bertz CT molecular complexity index is 1280. The van der Waals surface area contributed by atoms with Gasteiger partial charge in [0.1, 0.15) is 0 Å². The van der Waals surface area contributed by atoms with Gasteiger partial charge in [-0.15, -0.1) is 0 Å². The van der Waals surface area contributed by atoms with Gasteiger partial charge in [0.05, 0.1) is 41.4 Å². The van der Waals surface area contributed by atoms with Crippen LogP contribution in [-0.4, -0.2) is 52.4 Å². The minimum atomic E-state index is -0.149. The highest BCUT2D eigenvalue weighted by Crippen LogP contribution is 2.26. The number of rotatable bonds is 6. The van der Waals surface area contributed by atoms with Crippen LogP contribution in [0.25, 0.3) is 23.1 Å². The fourth-order valence-electron chi connectivity index (χ4n) is 3.71. The lowest BCUT2D eigenvalue weighted by atomic mass is 10.1. The molecule has 2 aromatic heterocycles. The number of ether oxygens (including phenoxy) is 1. The average molecular weight is 441 g/mol. The van der Waals surface area contributed by atoms with E-state index in [9.17, 15) is 4.79 Å². The van der Waals surface area contributed by atoms with Crippen LogP contribution < -0.4 is 10.7 Å². The number of carbonyl (C=O) groups excluding carboxylic acids is 1. The Morgan fingerprint density at radius 3 is 2.73 bits per heavy atom. The number of anilines is 2. The SMILES string of the molecule is O=C(NN1CCOCC1)c1ccccc1Nc1ccc2c(/C=C/c3ccccn3)n[nH]c2c1. The summed E-state index contributed by atoms with van der Waals surface area (Å²) in [5.74, 6) is -0.149. The van der Waals surface area contributed by atoms with Gasteiger partial charge in [0.15, 0.2) is 0 Å². The summed E-state index contributed by atoms with van der Waals surface area (Å²) in [5.41, 5.74) is 7.75. The smallest absolute Gasteiger partial charge is 0.267 e.